The van der Waals surface area contributed by atoms with Gasteiger partial charge in [-0.15, -0.1) is 0 Å². The highest BCUT2D eigenvalue weighted by Gasteiger charge is 2.44. The number of rotatable bonds is 2. The Bertz CT molecular complexity index is 1080. The van der Waals surface area contributed by atoms with Crippen molar-refractivity contribution in [1.29, 1.82) is 0 Å². The number of ether oxygens (including phenoxy) is 1. The maximum absolute atomic E-state index is 12.7. The molecule has 0 N–H and O–H groups in total. The third-order valence-corrected chi connectivity index (χ3v) is 5.81. The lowest BCUT2D eigenvalue weighted by molar-refractivity contribution is 0.0123. The number of hydrogen-bond donors (Lipinski definition) is 0. The first-order valence-electron chi connectivity index (χ1n) is 10.4. The molecular weight excluding hydrogens is 382 g/mol. The van der Waals surface area contributed by atoms with Crippen LogP contribution < -0.4 is 4.90 Å². The van der Waals surface area contributed by atoms with Crippen molar-refractivity contribution in [3.05, 3.63) is 31.0 Å². The maximum atomic E-state index is 12.7. The van der Waals surface area contributed by atoms with Gasteiger partial charge in [0.1, 0.15) is 17.4 Å². The number of nitrogens with zero attached hydrogens (tertiary/aromatic N) is 7. The molecule has 3 aromatic rings. The van der Waals surface area contributed by atoms with Crippen LogP contribution in [-0.2, 0) is 11.8 Å². The van der Waals surface area contributed by atoms with Crippen LogP contribution in [0.5, 0.6) is 0 Å². The van der Waals surface area contributed by atoms with Gasteiger partial charge in [0.25, 0.3) is 0 Å². The predicted octanol–water partition coefficient (Wildman–Crippen LogP) is 2.72. The van der Waals surface area contributed by atoms with Gasteiger partial charge in [0.15, 0.2) is 5.82 Å². The Labute approximate surface area is 175 Å². The third-order valence-electron chi connectivity index (χ3n) is 5.81. The lowest BCUT2D eigenvalue weighted by atomic mass is 10.1. The van der Waals surface area contributed by atoms with Crippen molar-refractivity contribution >= 4 is 17.4 Å². The number of piperazine rings is 1. The van der Waals surface area contributed by atoms with Crippen LogP contribution in [-0.4, -0.2) is 66.1 Å². The van der Waals surface area contributed by atoms with Crippen molar-refractivity contribution in [3.63, 3.8) is 0 Å². The van der Waals surface area contributed by atoms with E-state index in [9.17, 15) is 4.79 Å². The van der Waals surface area contributed by atoms with E-state index in [1.165, 1.54) is 0 Å². The van der Waals surface area contributed by atoms with Crippen molar-refractivity contribution in [2.45, 2.75) is 51.3 Å². The summed E-state index contributed by atoms with van der Waals surface area (Å²) in [6.45, 7) is 7.22. The Hall–Kier alpha value is -3.10. The fraction of sp³-hybridized carbons (Fsp3) is 0.524. The van der Waals surface area contributed by atoms with E-state index in [4.69, 9.17) is 4.74 Å². The lowest BCUT2D eigenvalue weighted by Crippen LogP contribution is -2.57. The topological polar surface area (TPSA) is 80.8 Å². The largest absolute Gasteiger partial charge is 0.444 e. The molecule has 9 nitrogen and oxygen atoms in total. The summed E-state index contributed by atoms with van der Waals surface area (Å²) in [5.41, 5.74) is 2.58. The van der Waals surface area contributed by atoms with Crippen LogP contribution in [0.15, 0.2) is 31.0 Å². The Morgan fingerprint density at radius 2 is 1.83 bits per heavy atom. The minimum atomic E-state index is -0.485. The second kappa shape index (κ2) is 6.72. The first-order chi connectivity index (χ1) is 14.3. The average Bonchev–Trinajstić information content (AvgIpc) is 3.35. The molecule has 0 radical (unpaired) electrons. The normalized spacial score (nSPS) is 21.5. The van der Waals surface area contributed by atoms with Crippen LogP contribution in [0.3, 0.4) is 0 Å². The first-order valence-corrected chi connectivity index (χ1v) is 10.4. The molecule has 0 spiro atoms. The van der Waals surface area contributed by atoms with Gasteiger partial charge in [-0.3, -0.25) is 9.58 Å². The predicted molar refractivity (Wildman–Crippen MR) is 112 cm³/mol. The van der Waals surface area contributed by atoms with Gasteiger partial charge in [0, 0.05) is 43.7 Å². The van der Waals surface area contributed by atoms with E-state index < -0.39 is 5.60 Å². The number of aromatic nitrogens is 5. The standard InChI is InChI=1S/C21H27N7O2/c1-21(2,3)30-20(29)28-16-5-6-17(28)12-26(11-16)19-18-7-14(10-27(18)24-13-22-19)15-8-23-25(4)9-15/h7-10,13,16-17H,5-6,11-12H2,1-4H3. The zero-order valence-electron chi connectivity index (χ0n) is 17.8. The number of anilines is 1. The van der Waals surface area contributed by atoms with Crippen LogP contribution in [0.4, 0.5) is 10.6 Å². The number of hydrogen-bond acceptors (Lipinski definition) is 6. The monoisotopic (exact) mass is 409 g/mol. The molecule has 1 amide bonds. The lowest BCUT2D eigenvalue weighted by Gasteiger charge is -2.41. The molecule has 2 aliphatic heterocycles. The fourth-order valence-corrected chi connectivity index (χ4v) is 4.58. The van der Waals surface area contributed by atoms with Gasteiger partial charge < -0.3 is 9.64 Å². The van der Waals surface area contributed by atoms with E-state index in [0.29, 0.717) is 0 Å². The summed E-state index contributed by atoms with van der Waals surface area (Å²) in [6.07, 6.45) is 9.21. The molecule has 2 aliphatic rings. The SMILES string of the molecule is Cn1cc(-c2cc3c(N4CC5CCC(C4)N5C(=O)OC(C)(C)C)ncnn3c2)cn1. The second-order valence-corrected chi connectivity index (χ2v) is 9.22. The van der Waals surface area contributed by atoms with Crippen molar-refractivity contribution in [1.82, 2.24) is 29.3 Å². The number of carbonyl (C=O) groups is 1. The Morgan fingerprint density at radius 1 is 1.10 bits per heavy atom. The molecule has 0 aromatic carbocycles. The highest BCUT2D eigenvalue weighted by molar-refractivity contribution is 5.78. The van der Waals surface area contributed by atoms with E-state index in [0.717, 1.165) is 48.4 Å². The fourth-order valence-electron chi connectivity index (χ4n) is 4.58. The van der Waals surface area contributed by atoms with E-state index in [1.54, 1.807) is 11.0 Å². The summed E-state index contributed by atoms with van der Waals surface area (Å²) < 4.78 is 9.31. The van der Waals surface area contributed by atoms with Gasteiger partial charge in [-0.1, -0.05) is 0 Å². The molecule has 2 bridgehead atoms. The van der Waals surface area contributed by atoms with Crippen LogP contribution in [0.2, 0.25) is 0 Å². The van der Waals surface area contributed by atoms with E-state index in [2.05, 4.69) is 26.1 Å². The molecule has 30 heavy (non-hydrogen) atoms. The number of aryl methyl sites for hydroxylation is 1. The zero-order valence-corrected chi connectivity index (χ0v) is 17.8. The Kier molecular flexibility index (Phi) is 4.23. The second-order valence-electron chi connectivity index (χ2n) is 9.22. The molecule has 2 atom stereocenters. The summed E-state index contributed by atoms with van der Waals surface area (Å²) in [6, 6.07) is 2.39. The molecule has 5 rings (SSSR count). The molecule has 3 aromatic heterocycles. The number of carbonyl (C=O) groups excluding carboxylic acids is 1. The molecule has 2 unspecified atom stereocenters. The molecule has 2 saturated heterocycles. The summed E-state index contributed by atoms with van der Waals surface area (Å²) in [5.74, 6) is 0.904. The minimum absolute atomic E-state index is 0.140. The van der Waals surface area contributed by atoms with Crippen molar-refractivity contribution in [2.75, 3.05) is 18.0 Å². The average molecular weight is 409 g/mol. The molecule has 0 saturated carbocycles. The highest BCUT2D eigenvalue weighted by Crippen LogP contribution is 2.35. The van der Waals surface area contributed by atoms with E-state index >= 15 is 0 Å². The van der Waals surface area contributed by atoms with Gasteiger partial charge in [-0.2, -0.15) is 10.2 Å². The molecule has 0 aliphatic carbocycles. The minimum Gasteiger partial charge on any atom is -0.444 e. The van der Waals surface area contributed by atoms with Crippen LogP contribution in [0.25, 0.3) is 16.6 Å². The van der Waals surface area contributed by atoms with Gasteiger partial charge >= 0.3 is 6.09 Å². The molecule has 2 fully saturated rings. The van der Waals surface area contributed by atoms with E-state index in [-0.39, 0.29) is 18.2 Å². The van der Waals surface area contributed by atoms with Crippen LogP contribution in [0.1, 0.15) is 33.6 Å². The molecule has 9 heteroatoms. The molecule has 158 valence electrons. The molecular formula is C21H27N7O2. The van der Waals surface area contributed by atoms with Gasteiger partial charge in [0.2, 0.25) is 0 Å². The zero-order chi connectivity index (χ0) is 21.0. The summed E-state index contributed by atoms with van der Waals surface area (Å²) in [5, 5.41) is 8.66. The first kappa shape index (κ1) is 18.9. The summed E-state index contributed by atoms with van der Waals surface area (Å²) >= 11 is 0. The van der Waals surface area contributed by atoms with Crippen LogP contribution >= 0.6 is 0 Å². The summed E-state index contributed by atoms with van der Waals surface area (Å²) in [7, 11) is 1.91. The third kappa shape index (κ3) is 3.28. The maximum Gasteiger partial charge on any atom is 0.410 e. The van der Waals surface area contributed by atoms with Crippen molar-refractivity contribution in [3.8, 4) is 11.1 Å². The van der Waals surface area contributed by atoms with Crippen molar-refractivity contribution < 1.29 is 9.53 Å². The van der Waals surface area contributed by atoms with Gasteiger partial charge in [-0.25, -0.2) is 14.3 Å². The number of amides is 1. The molecule has 5 heterocycles. The van der Waals surface area contributed by atoms with Crippen LogP contribution in [0, 0.1) is 0 Å². The number of fused-ring (bicyclic) bond motifs is 3. The smallest absolute Gasteiger partial charge is 0.410 e. The Balaban J connectivity index is 1.42. The van der Waals surface area contributed by atoms with Gasteiger partial charge in [0.05, 0.1) is 18.3 Å². The Morgan fingerprint density at radius 3 is 2.47 bits per heavy atom. The van der Waals surface area contributed by atoms with Crippen molar-refractivity contribution in [2.24, 2.45) is 7.05 Å². The van der Waals surface area contributed by atoms with Gasteiger partial charge in [-0.05, 0) is 39.7 Å². The highest BCUT2D eigenvalue weighted by atomic mass is 16.6. The van der Waals surface area contributed by atoms with E-state index in [1.807, 2.05) is 55.8 Å². The summed E-state index contributed by atoms with van der Waals surface area (Å²) in [4.78, 5) is 21.6. The quantitative estimate of drug-likeness (QED) is 0.647.